The molecular weight excluding hydrogens is 306 g/mol. The summed E-state index contributed by atoms with van der Waals surface area (Å²) in [6.07, 6.45) is 2.84. The number of aromatic nitrogens is 1. The number of amides is 2. The summed E-state index contributed by atoms with van der Waals surface area (Å²) < 4.78 is 5.33. The van der Waals surface area contributed by atoms with E-state index < -0.39 is 0 Å². The molecule has 0 spiro atoms. The third-order valence-electron chi connectivity index (χ3n) is 3.67. The van der Waals surface area contributed by atoms with Crippen LogP contribution in [0.2, 0.25) is 0 Å². The zero-order chi connectivity index (χ0) is 18.3. The van der Waals surface area contributed by atoms with Gasteiger partial charge in [-0.25, -0.2) is 4.98 Å². The molecule has 0 aliphatic carbocycles. The Morgan fingerprint density at radius 2 is 2.00 bits per heavy atom. The Kier molecular flexibility index (Phi) is 7.45. The lowest BCUT2D eigenvalue weighted by Crippen LogP contribution is -2.32. The number of rotatable bonds is 8. The van der Waals surface area contributed by atoms with E-state index in [-0.39, 0.29) is 29.5 Å². The second-order valence-corrected chi connectivity index (χ2v) is 7.47. The molecule has 6 heteroatoms. The first-order chi connectivity index (χ1) is 11.2. The lowest BCUT2D eigenvalue weighted by molar-refractivity contribution is -0.133. The molecule has 1 heterocycles. The van der Waals surface area contributed by atoms with E-state index in [0.29, 0.717) is 31.3 Å². The topological polar surface area (TPSA) is 75.4 Å². The fraction of sp³-hybridized carbons (Fsp3) is 0.722. The van der Waals surface area contributed by atoms with Crippen molar-refractivity contribution in [2.75, 3.05) is 13.1 Å². The van der Waals surface area contributed by atoms with Gasteiger partial charge in [-0.1, -0.05) is 27.7 Å². The van der Waals surface area contributed by atoms with Crippen molar-refractivity contribution in [2.24, 2.45) is 11.3 Å². The van der Waals surface area contributed by atoms with Gasteiger partial charge in [-0.15, -0.1) is 0 Å². The van der Waals surface area contributed by atoms with Crippen molar-refractivity contribution in [3.8, 4) is 0 Å². The lowest BCUT2D eigenvalue weighted by atomic mass is 9.84. The molecular formula is C18H31N3O3. The molecule has 2 amide bonds. The van der Waals surface area contributed by atoms with Crippen LogP contribution in [0.5, 0.6) is 0 Å². The molecule has 0 saturated carbocycles. The highest BCUT2D eigenvalue weighted by Crippen LogP contribution is 2.26. The lowest BCUT2D eigenvalue weighted by Gasteiger charge is -2.25. The van der Waals surface area contributed by atoms with E-state index in [1.807, 2.05) is 13.8 Å². The van der Waals surface area contributed by atoms with E-state index in [9.17, 15) is 9.59 Å². The number of oxazole rings is 1. The van der Waals surface area contributed by atoms with Crippen molar-refractivity contribution >= 4 is 11.8 Å². The van der Waals surface area contributed by atoms with Crippen molar-refractivity contribution < 1.29 is 14.0 Å². The van der Waals surface area contributed by atoms with Crippen molar-refractivity contribution in [2.45, 2.75) is 60.9 Å². The molecule has 136 valence electrons. The van der Waals surface area contributed by atoms with Gasteiger partial charge in [0.2, 0.25) is 11.8 Å². The highest BCUT2D eigenvalue weighted by atomic mass is 16.3. The summed E-state index contributed by atoms with van der Waals surface area (Å²) in [5.41, 5.74) is 0.456. The molecule has 1 rings (SSSR count). The van der Waals surface area contributed by atoms with Gasteiger partial charge in [-0.3, -0.25) is 9.59 Å². The summed E-state index contributed by atoms with van der Waals surface area (Å²) in [4.78, 5) is 30.1. The van der Waals surface area contributed by atoms with Crippen LogP contribution < -0.4 is 5.32 Å². The second kappa shape index (κ2) is 8.85. The van der Waals surface area contributed by atoms with E-state index in [2.05, 4.69) is 38.0 Å². The van der Waals surface area contributed by atoms with Crippen LogP contribution in [-0.4, -0.2) is 34.8 Å². The summed E-state index contributed by atoms with van der Waals surface area (Å²) in [6, 6.07) is 0. The van der Waals surface area contributed by atoms with Crippen LogP contribution in [0.25, 0.3) is 0 Å². The summed E-state index contributed by atoms with van der Waals surface area (Å²) in [5, 5.41) is 2.67. The Labute approximate surface area is 145 Å². The SMILES string of the molecule is CCNC(=O)c1coc(CN(CC)C(=O)CC(C)CC(C)(C)C)n1. The summed E-state index contributed by atoms with van der Waals surface area (Å²) in [6.45, 7) is 13.8. The average molecular weight is 337 g/mol. The maximum Gasteiger partial charge on any atom is 0.273 e. The van der Waals surface area contributed by atoms with E-state index in [0.717, 1.165) is 6.42 Å². The van der Waals surface area contributed by atoms with E-state index >= 15 is 0 Å². The van der Waals surface area contributed by atoms with E-state index in [4.69, 9.17) is 4.42 Å². The first kappa shape index (κ1) is 20.2. The molecule has 0 fully saturated rings. The Hall–Kier alpha value is -1.85. The van der Waals surface area contributed by atoms with Gasteiger partial charge in [0.15, 0.2) is 5.69 Å². The predicted molar refractivity (Wildman–Crippen MR) is 93.5 cm³/mol. The minimum absolute atomic E-state index is 0.0898. The van der Waals surface area contributed by atoms with Crippen LogP contribution in [0.15, 0.2) is 10.7 Å². The molecule has 0 radical (unpaired) electrons. The van der Waals surface area contributed by atoms with Crippen molar-refractivity contribution in [3.63, 3.8) is 0 Å². The summed E-state index contributed by atoms with van der Waals surface area (Å²) in [7, 11) is 0. The average Bonchev–Trinajstić information content (AvgIpc) is 2.91. The number of hydrogen-bond donors (Lipinski definition) is 1. The summed E-state index contributed by atoms with van der Waals surface area (Å²) in [5.74, 6) is 0.532. The Morgan fingerprint density at radius 3 is 2.54 bits per heavy atom. The number of nitrogens with zero attached hydrogens (tertiary/aromatic N) is 2. The minimum atomic E-state index is -0.263. The molecule has 0 saturated heterocycles. The molecule has 0 aliphatic rings. The molecule has 6 nitrogen and oxygen atoms in total. The zero-order valence-corrected chi connectivity index (χ0v) is 15.8. The van der Waals surface area contributed by atoms with Gasteiger partial charge in [0.25, 0.3) is 5.91 Å². The summed E-state index contributed by atoms with van der Waals surface area (Å²) >= 11 is 0. The van der Waals surface area contributed by atoms with Crippen molar-refractivity contribution in [1.29, 1.82) is 0 Å². The normalized spacial score (nSPS) is 12.8. The highest BCUT2D eigenvalue weighted by Gasteiger charge is 2.22. The minimum Gasteiger partial charge on any atom is -0.446 e. The number of carbonyl (C=O) groups is 2. The molecule has 0 aliphatic heterocycles. The Bertz CT molecular complexity index is 546. The van der Waals surface area contributed by atoms with Crippen LogP contribution in [-0.2, 0) is 11.3 Å². The van der Waals surface area contributed by atoms with Gasteiger partial charge in [0.1, 0.15) is 6.26 Å². The fourth-order valence-electron chi connectivity index (χ4n) is 2.82. The van der Waals surface area contributed by atoms with Gasteiger partial charge in [0, 0.05) is 19.5 Å². The largest absolute Gasteiger partial charge is 0.446 e. The van der Waals surface area contributed by atoms with Gasteiger partial charge >= 0.3 is 0 Å². The van der Waals surface area contributed by atoms with Crippen LogP contribution in [0.4, 0.5) is 0 Å². The molecule has 1 aromatic heterocycles. The molecule has 0 aromatic carbocycles. The predicted octanol–water partition coefficient (Wildman–Crippen LogP) is 3.24. The van der Waals surface area contributed by atoms with Crippen LogP contribution in [0.3, 0.4) is 0 Å². The molecule has 24 heavy (non-hydrogen) atoms. The highest BCUT2D eigenvalue weighted by molar-refractivity contribution is 5.91. The fourth-order valence-corrected chi connectivity index (χ4v) is 2.82. The molecule has 0 bridgehead atoms. The number of carbonyl (C=O) groups excluding carboxylic acids is 2. The molecule has 1 N–H and O–H groups in total. The standard InChI is InChI=1S/C18H31N3O3/c1-7-19-17(23)14-12-24-15(20-14)11-21(8-2)16(22)9-13(3)10-18(4,5)6/h12-13H,7-11H2,1-6H3,(H,19,23). The third kappa shape index (κ3) is 6.72. The smallest absolute Gasteiger partial charge is 0.273 e. The van der Waals surface area contributed by atoms with Gasteiger partial charge < -0.3 is 14.6 Å². The van der Waals surface area contributed by atoms with E-state index in [1.165, 1.54) is 6.26 Å². The maximum absolute atomic E-state index is 12.5. The first-order valence-electron chi connectivity index (χ1n) is 8.66. The maximum atomic E-state index is 12.5. The Balaban J connectivity index is 2.63. The second-order valence-electron chi connectivity index (χ2n) is 7.47. The zero-order valence-electron chi connectivity index (χ0n) is 15.8. The van der Waals surface area contributed by atoms with E-state index in [1.54, 1.807) is 4.90 Å². The van der Waals surface area contributed by atoms with Gasteiger partial charge in [-0.05, 0) is 31.6 Å². The molecule has 1 aromatic rings. The Morgan fingerprint density at radius 1 is 1.33 bits per heavy atom. The molecule has 1 unspecified atom stereocenters. The van der Waals surface area contributed by atoms with Crippen LogP contribution in [0, 0.1) is 11.3 Å². The van der Waals surface area contributed by atoms with Crippen molar-refractivity contribution in [1.82, 2.24) is 15.2 Å². The van der Waals surface area contributed by atoms with Crippen molar-refractivity contribution in [3.05, 3.63) is 17.8 Å². The first-order valence-corrected chi connectivity index (χ1v) is 8.66. The van der Waals surface area contributed by atoms with Gasteiger partial charge in [-0.2, -0.15) is 0 Å². The van der Waals surface area contributed by atoms with Gasteiger partial charge in [0.05, 0.1) is 6.54 Å². The number of hydrogen-bond acceptors (Lipinski definition) is 4. The quantitative estimate of drug-likeness (QED) is 0.790. The van der Waals surface area contributed by atoms with Crippen LogP contribution >= 0.6 is 0 Å². The molecule has 1 atom stereocenters. The number of nitrogens with one attached hydrogen (secondary N) is 1. The monoisotopic (exact) mass is 337 g/mol. The van der Waals surface area contributed by atoms with Crippen LogP contribution in [0.1, 0.15) is 70.8 Å². The third-order valence-corrected chi connectivity index (χ3v) is 3.67.